The summed E-state index contributed by atoms with van der Waals surface area (Å²) < 4.78 is 5.70. The maximum absolute atomic E-state index is 11.4. The van der Waals surface area contributed by atoms with Crippen LogP contribution in [0, 0.1) is 46.3 Å². The summed E-state index contributed by atoms with van der Waals surface area (Å²) in [4.78, 5) is 11.1. The van der Waals surface area contributed by atoms with Gasteiger partial charge in [0.2, 0.25) is 0 Å². The summed E-state index contributed by atoms with van der Waals surface area (Å²) in [6.45, 7) is 7.28. The number of methoxy groups -OCH3 is 1. The van der Waals surface area contributed by atoms with Gasteiger partial charge in [-0.15, -0.1) is 0 Å². The molecule has 10 unspecified atom stereocenters. The molecule has 2 N–H and O–H groups in total. The highest BCUT2D eigenvalue weighted by Crippen LogP contribution is 2.68. The Balaban J connectivity index is 1.54. The van der Waals surface area contributed by atoms with Gasteiger partial charge < -0.3 is 14.9 Å². The minimum atomic E-state index is -0.673. The van der Waals surface area contributed by atoms with E-state index in [1.54, 1.807) is 0 Å². The zero-order chi connectivity index (χ0) is 21.0. The van der Waals surface area contributed by atoms with Crippen molar-refractivity contribution in [1.29, 1.82) is 0 Å². The summed E-state index contributed by atoms with van der Waals surface area (Å²) in [5.41, 5.74) is 0.625. The quantitative estimate of drug-likeness (QED) is 0.664. The zero-order valence-electron chi connectivity index (χ0n) is 18.9. The van der Waals surface area contributed by atoms with E-state index in [1.807, 2.05) is 7.11 Å². The standard InChI is InChI=1S/C25H42O4/c1-15(5-8-22(27)28)18-6-7-19-23-20(10-12-25(18,19)3)24(2)11-9-17(29-4)13-16(24)14-21(23)26/h15-21,23,26H,5-14H2,1-4H3,(H,27,28). The van der Waals surface area contributed by atoms with Gasteiger partial charge in [-0.3, -0.25) is 4.79 Å². The van der Waals surface area contributed by atoms with Crippen LogP contribution in [0.3, 0.4) is 0 Å². The summed E-state index contributed by atoms with van der Waals surface area (Å²) in [5, 5.41) is 20.5. The Morgan fingerprint density at radius 3 is 2.45 bits per heavy atom. The van der Waals surface area contributed by atoms with E-state index in [0.717, 1.165) is 19.3 Å². The second kappa shape index (κ2) is 7.82. The van der Waals surface area contributed by atoms with Crippen LogP contribution in [0.4, 0.5) is 0 Å². The zero-order valence-corrected chi connectivity index (χ0v) is 18.9. The smallest absolute Gasteiger partial charge is 0.303 e. The Morgan fingerprint density at radius 1 is 1.07 bits per heavy atom. The fourth-order valence-corrected chi connectivity index (χ4v) is 8.93. The van der Waals surface area contributed by atoms with Crippen LogP contribution < -0.4 is 0 Å². The van der Waals surface area contributed by atoms with Crippen LogP contribution in [0.15, 0.2) is 0 Å². The van der Waals surface area contributed by atoms with E-state index in [9.17, 15) is 9.90 Å². The van der Waals surface area contributed by atoms with Crippen molar-refractivity contribution in [2.24, 2.45) is 46.3 Å². The number of aliphatic carboxylic acids is 1. The molecule has 4 aliphatic rings. The Bertz CT molecular complexity index is 620. The van der Waals surface area contributed by atoms with E-state index in [2.05, 4.69) is 20.8 Å². The van der Waals surface area contributed by atoms with Crippen molar-refractivity contribution >= 4 is 5.97 Å². The molecular weight excluding hydrogens is 364 g/mol. The van der Waals surface area contributed by atoms with Gasteiger partial charge in [0, 0.05) is 13.5 Å². The predicted octanol–water partition coefficient (Wildman–Crippen LogP) is 5.13. The number of hydrogen-bond acceptors (Lipinski definition) is 3. The lowest BCUT2D eigenvalue weighted by molar-refractivity contribution is -0.176. The van der Waals surface area contributed by atoms with Gasteiger partial charge in [0.05, 0.1) is 12.2 Å². The van der Waals surface area contributed by atoms with Gasteiger partial charge in [-0.2, -0.15) is 0 Å². The summed E-state index contributed by atoms with van der Waals surface area (Å²) in [7, 11) is 1.84. The molecule has 0 aliphatic heterocycles. The molecule has 29 heavy (non-hydrogen) atoms. The lowest BCUT2D eigenvalue weighted by Gasteiger charge is -2.62. The monoisotopic (exact) mass is 406 g/mol. The highest BCUT2D eigenvalue weighted by molar-refractivity contribution is 5.66. The largest absolute Gasteiger partial charge is 0.481 e. The van der Waals surface area contributed by atoms with Crippen molar-refractivity contribution in [3.63, 3.8) is 0 Å². The van der Waals surface area contributed by atoms with Gasteiger partial charge in [0.15, 0.2) is 0 Å². The second-order valence-corrected chi connectivity index (χ2v) is 11.6. The normalized spacial score (nSPS) is 50.3. The molecule has 10 atom stereocenters. The molecule has 0 spiro atoms. The number of aliphatic hydroxyl groups excluding tert-OH is 1. The molecule has 0 saturated heterocycles. The van der Waals surface area contributed by atoms with Crippen molar-refractivity contribution < 1.29 is 19.7 Å². The van der Waals surface area contributed by atoms with Crippen LogP contribution in [0.1, 0.15) is 85.0 Å². The Hall–Kier alpha value is -0.610. The minimum Gasteiger partial charge on any atom is -0.481 e. The van der Waals surface area contributed by atoms with Crippen molar-refractivity contribution in [2.75, 3.05) is 7.11 Å². The average molecular weight is 407 g/mol. The lowest BCUT2D eigenvalue weighted by atomic mass is 9.43. The average Bonchev–Trinajstić information content (AvgIpc) is 3.03. The fourth-order valence-electron chi connectivity index (χ4n) is 8.93. The fraction of sp³-hybridized carbons (Fsp3) is 0.960. The van der Waals surface area contributed by atoms with Gasteiger partial charge in [-0.1, -0.05) is 20.8 Å². The van der Waals surface area contributed by atoms with Crippen LogP contribution in [0.2, 0.25) is 0 Å². The van der Waals surface area contributed by atoms with Gasteiger partial charge in [0.1, 0.15) is 0 Å². The van der Waals surface area contributed by atoms with Crippen LogP contribution >= 0.6 is 0 Å². The number of fused-ring (bicyclic) bond motifs is 5. The van der Waals surface area contributed by atoms with Gasteiger partial charge in [-0.25, -0.2) is 0 Å². The molecule has 4 saturated carbocycles. The van der Waals surface area contributed by atoms with Crippen LogP contribution in [0.5, 0.6) is 0 Å². The molecular formula is C25H42O4. The molecule has 166 valence electrons. The van der Waals surface area contributed by atoms with Gasteiger partial charge in [0.25, 0.3) is 0 Å². The molecule has 0 heterocycles. The maximum atomic E-state index is 11.4. The summed E-state index contributed by atoms with van der Waals surface area (Å²) in [6, 6.07) is 0. The highest BCUT2D eigenvalue weighted by atomic mass is 16.5. The number of rotatable bonds is 5. The molecule has 4 aliphatic carbocycles. The number of carboxylic acid groups (broad SMARTS) is 1. The van der Waals surface area contributed by atoms with Crippen molar-refractivity contribution in [2.45, 2.75) is 97.2 Å². The van der Waals surface area contributed by atoms with E-state index in [1.165, 1.54) is 38.5 Å². The lowest BCUT2D eigenvalue weighted by Crippen LogP contribution is -2.58. The molecule has 0 bridgehead atoms. The van der Waals surface area contributed by atoms with Crippen LogP contribution in [-0.2, 0) is 9.53 Å². The van der Waals surface area contributed by atoms with E-state index < -0.39 is 5.97 Å². The molecule has 0 radical (unpaired) electrons. The van der Waals surface area contributed by atoms with E-state index >= 15 is 0 Å². The maximum Gasteiger partial charge on any atom is 0.303 e. The Kier molecular flexibility index (Phi) is 5.83. The summed E-state index contributed by atoms with van der Waals surface area (Å²) in [5.74, 6) is 2.66. The minimum absolute atomic E-state index is 0.175. The van der Waals surface area contributed by atoms with E-state index in [4.69, 9.17) is 9.84 Å². The van der Waals surface area contributed by atoms with Gasteiger partial charge >= 0.3 is 5.97 Å². The number of hydrogen-bond donors (Lipinski definition) is 2. The third kappa shape index (κ3) is 3.46. The van der Waals surface area contributed by atoms with Crippen molar-refractivity contribution in [3.05, 3.63) is 0 Å². The Labute approximate surface area is 176 Å². The van der Waals surface area contributed by atoms with Gasteiger partial charge in [-0.05, 0) is 104 Å². The first kappa shape index (κ1) is 21.6. The predicted molar refractivity (Wildman–Crippen MR) is 113 cm³/mol. The van der Waals surface area contributed by atoms with Crippen LogP contribution in [-0.4, -0.2) is 35.5 Å². The Morgan fingerprint density at radius 2 is 1.76 bits per heavy atom. The van der Waals surface area contributed by atoms with E-state index in [0.29, 0.717) is 47.0 Å². The third-order valence-electron chi connectivity index (χ3n) is 10.5. The molecule has 0 aromatic rings. The molecule has 0 aromatic heterocycles. The second-order valence-electron chi connectivity index (χ2n) is 11.6. The number of ether oxygens (including phenoxy) is 1. The number of carboxylic acids is 1. The first-order valence-electron chi connectivity index (χ1n) is 12.1. The molecule has 4 nitrogen and oxygen atoms in total. The summed E-state index contributed by atoms with van der Waals surface area (Å²) >= 11 is 0. The third-order valence-corrected chi connectivity index (χ3v) is 10.5. The molecule has 0 aromatic carbocycles. The first-order valence-corrected chi connectivity index (χ1v) is 12.1. The highest BCUT2D eigenvalue weighted by Gasteiger charge is 2.62. The first-order chi connectivity index (χ1) is 13.7. The molecule has 0 amide bonds. The van der Waals surface area contributed by atoms with Crippen molar-refractivity contribution in [1.82, 2.24) is 0 Å². The van der Waals surface area contributed by atoms with Crippen molar-refractivity contribution in [3.8, 4) is 0 Å². The van der Waals surface area contributed by atoms with E-state index in [-0.39, 0.29) is 17.9 Å². The topological polar surface area (TPSA) is 66.8 Å². The number of aliphatic hydroxyl groups is 1. The molecule has 4 fully saturated rings. The SMILES string of the molecule is COC1CCC2(C)C(C1)CC(O)C1C2CCC2(C)C(C(C)CCC(=O)O)CCC12. The number of carbonyl (C=O) groups is 1. The summed E-state index contributed by atoms with van der Waals surface area (Å²) in [6.07, 6.45) is 10.7. The molecule has 4 rings (SSSR count). The van der Waals surface area contributed by atoms with Crippen LogP contribution in [0.25, 0.3) is 0 Å². The molecule has 4 heteroatoms.